The van der Waals surface area contributed by atoms with E-state index in [2.05, 4.69) is 10.2 Å². The van der Waals surface area contributed by atoms with Crippen LogP contribution in [0.4, 0.5) is 5.69 Å². The first-order chi connectivity index (χ1) is 9.06. The zero-order chi connectivity index (χ0) is 13.8. The topological polar surface area (TPSA) is 41.6 Å². The molecule has 1 aromatic rings. The quantitative estimate of drug-likeness (QED) is 0.905. The van der Waals surface area contributed by atoms with Crippen LogP contribution in [0.1, 0.15) is 18.1 Å². The molecule has 2 rings (SSSR count). The summed E-state index contributed by atoms with van der Waals surface area (Å²) in [5.41, 5.74) is 3.14. The fraction of sp³-hybridized carbons (Fsp3) is 0.533. The summed E-state index contributed by atoms with van der Waals surface area (Å²) < 4.78 is 5.47. The highest BCUT2D eigenvalue weighted by atomic mass is 16.5. The number of carbonyl (C=O) groups excluding carboxylic acids is 1. The minimum Gasteiger partial charge on any atom is -0.376 e. The lowest BCUT2D eigenvalue weighted by Gasteiger charge is -2.30. The van der Waals surface area contributed by atoms with Gasteiger partial charge < -0.3 is 10.1 Å². The Bertz CT molecular complexity index is 439. The molecule has 1 aromatic carbocycles. The Morgan fingerprint density at radius 2 is 2.11 bits per heavy atom. The number of carbonyl (C=O) groups is 1. The third-order valence-electron chi connectivity index (χ3n) is 3.44. The summed E-state index contributed by atoms with van der Waals surface area (Å²) in [4.78, 5) is 14.2. The number of amides is 1. The standard InChI is InChI=1S/C15H22N2O2/c1-11-5-4-6-12(2)15(11)16-14(18)10-17-7-8-19-13(3)9-17/h4-6,13H,7-10H2,1-3H3,(H,16,18)/t13-/m1/s1. The van der Waals surface area contributed by atoms with Crippen LogP contribution in [0, 0.1) is 13.8 Å². The van der Waals surface area contributed by atoms with Crippen LogP contribution >= 0.6 is 0 Å². The van der Waals surface area contributed by atoms with Gasteiger partial charge in [0.15, 0.2) is 0 Å². The van der Waals surface area contributed by atoms with Crippen molar-refractivity contribution >= 4 is 11.6 Å². The lowest BCUT2D eigenvalue weighted by molar-refractivity contribution is -0.119. The van der Waals surface area contributed by atoms with E-state index < -0.39 is 0 Å². The largest absolute Gasteiger partial charge is 0.376 e. The molecule has 0 aromatic heterocycles. The van der Waals surface area contributed by atoms with E-state index >= 15 is 0 Å². The molecule has 4 heteroatoms. The van der Waals surface area contributed by atoms with Crippen molar-refractivity contribution < 1.29 is 9.53 Å². The molecule has 19 heavy (non-hydrogen) atoms. The molecule has 0 saturated carbocycles. The molecule has 1 saturated heterocycles. The second-order valence-electron chi connectivity index (χ2n) is 5.23. The van der Waals surface area contributed by atoms with Gasteiger partial charge >= 0.3 is 0 Å². The van der Waals surface area contributed by atoms with Crippen molar-refractivity contribution in [3.8, 4) is 0 Å². The van der Waals surface area contributed by atoms with Gasteiger partial charge in [0, 0.05) is 18.8 Å². The zero-order valence-electron chi connectivity index (χ0n) is 11.9. The normalized spacial score (nSPS) is 20.3. The van der Waals surface area contributed by atoms with Gasteiger partial charge in [0.25, 0.3) is 0 Å². The maximum atomic E-state index is 12.1. The number of rotatable bonds is 3. The van der Waals surface area contributed by atoms with Gasteiger partial charge in [-0.15, -0.1) is 0 Å². The number of aryl methyl sites for hydroxylation is 2. The monoisotopic (exact) mass is 262 g/mol. The molecule has 1 amide bonds. The van der Waals surface area contributed by atoms with Crippen molar-refractivity contribution in [2.24, 2.45) is 0 Å². The number of ether oxygens (including phenoxy) is 1. The van der Waals surface area contributed by atoms with E-state index in [0.717, 1.165) is 29.9 Å². The predicted octanol–water partition coefficient (Wildman–Crippen LogP) is 1.96. The number of hydrogen-bond acceptors (Lipinski definition) is 3. The molecule has 0 bridgehead atoms. The Kier molecular flexibility index (Phi) is 4.56. The van der Waals surface area contributed by atoms with E-state index in [9.17, 15) is 4.79 Å². The molecule has 0 radical (unpaired) electrons. The van der Waals surface area contributed by atoms with Crippen LogP contribution in [-0.4, -0.2) is 43.2 Å². The summed E-state index contributed by atoms with van der Waals surface area (Å²) in [5.74, 6) is 0.0477. The van der Waals surface area contributed by atoms with E-state index in [1.165, 1.54) is 0 Å². The van der Waals surface area contributed by atoms with Crippen molar-refractivity contribution in [2.75, 3.05) is 31.6 Å². The van der Waals surface area contributed by atoms with Gasteiger partial charge in [-0.2, -0.15) is 0 Å². The summed E-state index contributed by atoms with van der Waals surface area (Å²) in [7, 11) is 0. The average Bonchev–Trinajstić information content (AvgIpc) is 2.34. The zero-order valence-corrected chi connectivity index (χ0v) is 11.9. The van der Waals surface area contributed by atoms with Crippen molar-refractivity contribution in [3.05, 3.63) is 29.3 Å². The second kappa shape index (κ2) is 6.17. The smallest absolute Gasteiger partial charge is 0.238 e. The highest BCUT2D eigenvalue weighted by Gasteiger charge is 2.19. The number of hydrogen-bond donors (Lipinski definition) is 1. The lowest BCUT2D eigenvalue weighted by atomic mass is 10.1. The van der Waals surface area contributed by atoms with E-state index in [1.807, 2.05) is 39.0 Å². The molecule has 1 heterocycles. The van der Waals surface area contributed by atoms with Crippen LogP contribution < -0.4 is 5.32 Å². The molecule has 1 atom stereocenters. The minimum absolute atomic E-state index is 0.0477. The Labute approximate surface area is 114 Å². The fourth-order valence-electron chi connectivity index (χ4n) is 2.43. The Morgan fingerprint density at radius 1 is 1.42 bits per heavy atom. The third-order valence-corrected chi connectivity index (χ3v) is 3.44. The first-order valence-electron chi connectivity index (χ1n) is 6.76. The Hall–Kier alpha value is -1.39. The summed E-state index contributed by atoms with van der Waals surface area (Å²) in [5, 5.41) is 3.02. The maximum Gasteiger partial charge on any atom is 0.238 e. The van der Waals surface area contributed by atoms with Crippen molar-refractivity contribution in [1.82, 2.24) is 4.90 Å². The molecule has 1 N–H and O–H groups in total. The van der Waals surface area contributed by atoms with Gasteiger partial charge in [-0.25, -0.2) is 0 Å². The maximum absolute atomic E-state index is 12.1. The summed E-state index contributed by atoms with van der Waals surface area (Å²) >= 11 is 0. The van der Waals surface area contributed by atoms with Crippen molar-refractivity contribution in [1.29, 1.82) is 0 Å². The number of benzene rings is 1. The predicted molar refractivity (Wildman–Crippen MR) is 76.4 cm³/mol. The fourth-order valence-corrected chi connectivity index (χ4v) is 2.43. The molecule has 4 nitrogen and oxygen atoms in total. The van der Waals surface area contributed by atoms with Gasteiger partial charge in [-0.05, 0) is 31.9 Å². The van der Waals surface area contributed by atoms with Crippen LogP contribution in [0.2, 0.25) is 0 Å². The first-order valence-corrected chi connectivity index (χ1v) is 6.76. The average molecular weight is 262 g/mol. The molecule has 0 unspecified atom stereocenters. The number of anilines is 1. The van der Waals surface area contributed by atoms with Gasteiger partial charge in [0.2, 0.25) is 5.91 Å². The number of para-hydroxylation sites is 1. The molecule has 1 fully saturated rings. The Morgan fingerprint density at radius 3 is 2.74 bits per heavy atom. The highest BCUT2D eigenvalue weighted by Crippen LogP contribution is 2.19. The SMILES string of the molecule is Cc1cccc(C)c1NC(=O)CN1CCO[C@H](C)C1. The molecule has 0 aliphatic carbocycles. The highest BCUT2D eigenvalue weighted by molar-refractivity contribution is 5.93. The third kappa shape index (κ3) is 3.78. The van der Waals surface area contributed by atoms with Crippen molar-refractivity contribution in [2.45, 2.75) is 26.9 Å². The van der Waals surface area contributed by atoms with E-state index in [-0.39, 0.29) is 12.0 Å². The van der Waals surface area contributed by atoms with Gasteiger partial charge in [-0.1, -0.05) is 18.2 Å². The first kappa shape index (κ1) is 14.0. The van der Waals surface area contributed by atoms with Crippen LogP contribution in [0.15, 0.2) is 18.2 Å². The van der Waals surface area contributed by atoms with Gasteiger partial charge in [0.05, 0.1) is 19.3 Å². The van der Waals surface area contributed by atoms with E-state index in [0.29, 0.717) is 13.2 Å². The molecule has 1 aliphatic heterocycles. The van der Waals surface area contributed by atoms with Crippen LogP contribution in [0.5, 0.6) is 0 Å². The van der Waals surface area contributed by atoms with Crippen molar-refractivity contribution in [3.63, 3.8) is 0 Å². The number of nitrogens with one attached hydrogen (secondary N) is 1. The van der Waals surface area contributed by atoms with E-state index in [4.69, 9.17) is 4.74 Å². The minimum atomic E-state index is 0.0477. The Balaban J connectivity index is 1.94. The number of nitrogens with zero attached hydrogens (tertiary/aromatic N) is 1. The molecule has 104 valence electrons. The summed E-state index contributed by atoms with van der Waals surface area (Å²) in [6.07, 6.45) is 0.210. The molecular weight excluding hydrogens is 240 g/mol. The molecule has 1 aliphatic rings. The van der Waals surface area contributed by atoms with Gasteiger partial charge in [0.1, 0.15) is 0 Å². The van der Waals surface area contributed by atoms with Crippen LogP contribution in [0.3, 0.4) is 0 Å². The summed E-state index contributed by atoms with van der Waals surface area (Å²) in [6, 6.07) is 6.03. The van der Waals surface area contributed by atoms with Gasteiger partial charge in [-0.3, -0.25) is 9.69 Å². The van der Waals surface area contributed by atoms with Crippen LogP contribution in [0.25, 0.3) is 0 Å². The lowest BCUT2D eigenvalue weighted by Crippen LogP contribution is -2.44. The number of morpholine rings is 1. The van der Waals surface area contributed by atoms with E-state index in [1.54, 1.807) is 0 Å². The summed E-state index contributed by atoms with van der Waals surface area (Å²) in [6.45, 7) is 8.85. The van der Waals surface area contributed by atoms with Crippen LogP contribution in [-0.2, 0) is 9.53 Å². The second-order valence-corrected chi connectivity index (χ2v) is 5.23. The molecule has 0 spiro atoms. The molecular formula is C15H22N2O2.